The van der Waals surface area contributed by atoms with E-state index in [2.05, 4.69) is 12.1 Å². The summed E-state index contributed by atoms with van der Waals surface area (Å²) < 4.78 is 0. The topological polar surface area (TPSA) is 0 Å². The van der Waals surface area contributed by atoms with Crippen LogP contribution in [0.3, 0.4) is 0 Å². The summed E-state index contributed by atoms with van der Waals surface area (Å²) in [6, 6.07) is 8.38. The van der Waals surface area contributed by atoms with Gasteiger partial charge in [-0.05, 0) is 25.2 Å². The predicted octanol–water partition coefficient (Wildman–Crippen LogP) is 4.08. The predicted molar refractivity (Wildman–Crippen MR) is 59.2 cm³/mol. The standard InChI is InChI=1S/C13H14Cl/c14-12-5-3-10(4-6-12)13-8-9-1-2-11(13)7-9/h3-6,9,11H,1-2,7-8H2/q+1. The maximum Gasteiger partial charge on any atom is 0.133 e. The van der Waals surface area contributed by atoms with Crippen molar-refractivity contribution >= 4 is 11.6 Å². The van der Waals surface area contributed by atoms with Gasteiger partial charge in [-0.3, -0.25) is 0 Å². The number of halogens is 1. The van der Waals surface area contributed by atoms with Crippen LogP contribution in [-0.4, -0.2) is 0 Å². The summed E-state index contributed by atoms with van der Waals surface area (Å²) in [7, 11) is 0. The molecule has 14 heavy (non-hydrogen) atoms. The van der Waals surface area contributed by atoms with Crippen LogP contribution in [0.15, 0.2) is 24.3 Å². The molecule has 0 spiro atoms. The number of benzene rings is 1. The van der Waals surface area contributed by atoms with Crippen LogP contribution in [0, 0.1) is 17.8 Å². The number of rotatable bonds is 1. The Morgan fingerprint density at radius 2 is 1.93 bits per heavy atom. The summed E-state index contributed by atoms with van der Waals surface area (Å²) in [5.74, 6) is 3.57. The quantitative estimate of drug-likeness (QED) is 0.606. The van der Waals surface area contributed by atoms with Gasteiger partial charge in [-0.15, -0.1) is 0 Å². The Hall–Kier alpha value is -0.620. The highest BCUT2D eigenvalue weighted by Gasteiger charge is 2.44. The molecule has 2 aliphatic carbocycles. The minimum absolute atomic E-state index is 0.845. The second-order valence-electron chi connectivity index (χ2n) is 4.61. The third kappa shape index (κ3) is 1.33. The zero-order valence-electron chi connectivity index (χ0n) is 8.17. The summed E-state index contributed by atoms with van der Waals surface area (Å²) >= 11 is 5.89. The lowest BCUT2D eigenvalue weighted by Crippen LogP contribution is -2.09. The molecule has 0 saturated heterocycles. The molecule has 2 fully saturated rings. The summed E-state index contributed by atoms with van der Waals surface area (Å²) in [6.45, 7) is 0. The molecule has 3 rings (SSSR count). The van der Waals surface area contributed by atoms with E-state index < -0.39 is 0 Å². The van der Waals surface area contributed by atoms with E-state index in [4.69, 9.17) is 11.6 Å². The van der Waals surface area contributed by atoms with Gasteiger partial charge in [-0.2, -0.15) is 0 Å². The SMILES string of the molecule is Clc1ccc([C+]2CC3CCC2C3)cc1. The number of hydrogen-bond donors (Lipinski definition) is 0. The fraction of sp³-hybridized carbons (Fsp3) is 0.462. The van der Waals surface area contributed by atoms with Crippen LogP contribution >= 0.6 is 11.6 Å². The monoisotopic (exact) mass is 205 g/mol. The molecule has 1 aromatic carbocycles. The van der Waals surface area contributed by atoms with E-state index in [0.717, 1.165) is 16.9 Å². The lowest BCUT2D eigenvalue weighted by molar-refractivity contribution is 0.525. The molecule has 0 aromatic heterocycles. The van der Waals surface area contributed by atoms with E-state index >= 15 is 0 Å². The van der Waals surface area contributed by atoms with E-state index in [9.17, 15) is 0 Å². The van der Waals surface area contributed by atoms with Crippen molar-refractivity contribution in [2.45, 2.75) is 25.7 Å². The first-order chi connectivity index (χ1) is 6.83. The van der Waals surface area contributed by atoms with Gasteiger partial charge in [0.25, 0.3) is 0 Å². The Morgan fingerprint density at radius 1 is 1.14 bits per heavy atom. The third-order valence-electron chi connectivity index (χ3n) is 3.76. The largest absolute Gasteiger partial charge is 0.133 e. The van der Waals surface area contributed by atoms with Crippen LogP contribution in [0.5, 0.6) is 0 Å². The summed E-state index contributed by atoms with van der Waals surface area (Å²) in [4.78, 5) is 0. The van der Waals surface area contributed by atoms with Gasteiger partial charge in [0.15, 0.2) is 0 Å². The van der Waals surface area contributed by atoms with Gasteiger partial charge in [0.1, 0.15) is 5.56 Å². The molecule has 1 heteroatoms. The van der Waals surface area contributed by atoms with Gasteiger partial charge < -0.3 is 0 Å². The molecule has 0 N–H and O–H groups in total. The van der Waals surface area contributed by atoms with Gasteiger partial charge in [-0.1, -0.05) is 11.6 Å². The summed E-state index contributed by atoms with van der Waals surface area (Å²) in [6.07, 6.45) is 5.66. The van der Waals surface area contributed by atoms with Crippen LogP contribution < -0.4 is 0 Å². The van der Waals surface area contributed by atoms with E-state index in [1.165, 1.54) is 31.2 Å². The minimum Gasteiger partial charge on any atom is -0.0818 e. The molecule has 1 aromatic rings. The van der Waals surface area contributed by atoms with Crippen molar-refractivity contribution in [3.8, 4) is 0 Å². The second-order valence-corrected chi connectivity index (χ2v) is 5.05. The lowest BCUT2D eigenvalue weighted by atomic mass is 9.83. The minimum atomic E-state index is 0.845. The molecule has 0 radical (unpaired) electrons. The maximum absolute atomic E-state index is 5.89. The molecular formula is C13H14Cl+. The Labute approximate surface area is 90.3 Å². The van der Waals surface area contributed by atoms with E-state index in [1.807, 2.05) is 12.1 Å². The van der Waals surface area contributed by atoms with Crippen molar-refractivity contribution in [2.75, 3.05) is 0 Å². The van der Waals surface area contributed by atoms with Crippen molar-refractivity contribution in [3.63, 3.8) is 0 Å². The van der Waals surface area contributed by atoms with Crippen LogP contribution in [0.2, 0.25) is 5.02 Å². The maximum atomic E-state index is 5.89. The molecule has 2 unspecified atom stereocenters. The van der Waals surface area contributed by atoms with Gasteiger partial charge in [0.2, 0.25) is 0 Å². The Kier molecular flexibility index (Phi) is 1.98. The van der Waals surface area contributed by atoms with E-state index in [0.29, 0.717) is 0 Å². The molecule has 2 aliphatic rings. The van der Waals surface area contributed by atoms with Gasteiger partial charge in [0.05, 0.1) is 5.02 Å². The highest BCUT2D eigenvalue weighted by atomic mass is 35.5. The molecule has 2 saturated carbocycles. The average molecular weight is 206 g/mol. The highest BCUT2D eigenvalue weighted by molar-refractivity contribution is 6.30. The van der Waals surface area contributed by atoms with Crippen molar-refractivity contribution in [3.05, 3.63) is 40.8 Å². The van der Waals surface area contributed by atoms with Gasteiger partial charge in [-0.25, -0.2) is 0 Å². The molecule has 2 bridgehead atoms. The molecule has 2 atom stereocenters. The van der Waals surface area contributed by atoms with Crippen LogP contribution in [0.1, 0.15) is 31.2 Å². The van der Waals surface area contributed by atoms with Crippen molar-refractivity contribution in [1.82, 2.24) is 0 Å². The van der Waals surface area contributed by atoms with Crippen molar-refractivity contribution in [2.24, 2.45) is 11.8 Å². The first-order valence-electron chi connectivity index (χ1n) is 5.44. The van der Waals surface area contributed by atoms with E-state index in [1.54, 1.807) is 5.92 Å². The average Bonchev–Trinajstić information content (AvgIpc) is 2.80. The number of fused-ring (bicyclic) bond motifs is 2. The van der Waals surface area contributed by atoms with Crippen LogP contribution in [0.25, 0.3) is 0 Å². The summed E-state index contributed by atoms with van der Waals surface area (Å²) in [5, 5.41) is 0.845. The fourth-order valence-corrected chi connectivity index (χ4v) is 3.20. The van der Waals surface area contributed by atoms with Crippen LogP contribution in [0.4, 0.5) is 0 Å². The molecule has 0 heterocycles. The Balaban J connectivity index is 1.86. The van der Waals surface area contributed by atoms with Gasteiger partial charge in [0, 0.05) is 42.5 Å². The first-order valence-corrected chi connectivity index (χ1v) is 5.82. The smallest absolute Gasteiger partial charge is 0.0818 e. The molecular weight excluding hydrogens is 192 g/mol. The van der Waals surface area contributed by atoms with Crippen molar-refractivity contribution in [1.29, 1.82) is 0 Å². The Bertz CT molecular complexity index is 328. The molecule has 0 nitrogen and oxygen atoms in total. The number of hydrogen-bond acceptors (Lipinski definition) is 0. The summed E-state index contributed by atoms with van der Waals surface area (Å²) in [5.41, 5.74) is 1.43. The van der Waals surface area contributed by atoms with Gasteiger partial charge >= 0.3 is 0 Å². The molecule has 72 valence electrons. The van der Waals surface area contributed by atoms with E-state index in [-0.39, 0.29) is 0 Å². The highest BCUT2D eigenvalue weighted by Crippen LogP contribution is 2.52. The fourth-order valence-electron chi connectivity index (χ4n) is 3.07. The van der Waals surface area contributed by atoms with Crippen LogP contribution in [-0.2, 0) is 0 Å². The lowest BCUT2D eigenvalue weighted by Gasteiger charge is -2.15. The van der Waals surface area contributed by atoms with Crippen molar-refractivity contribution < 1.29 is 0 Å². The normalized spacial score (nSPS) is 29.9. The molecule has 0 aliphatic heterocycles. The third-order valence-corrected chi connectivity index (χ3v) is 4.01. The molecule has 0 amide bonds. The Morgan fingerprint density at radius 3 is 2.50 bits per heavy atom. The first kappa shape index (κ1) is 8.67. The second kappa shape index (κ2) is 3.20. The zero-order valence-corrected chi connectivity index (χ0v) is 8.93. The zero-order chi connectivity index (χ0) is 9.54.